The average molecular weight is 246 g/mol. The van der Waals surface area contributed by atoms with Crippen LogP contribution in [0.5, 0.6) is 0 Å². The molecule has 1 saturated carbocycles. The Kier molecular flexibility index (Phi) is 4.47. The summed E-state index contributed by atoms with van der Waals surface area (Å²) in [5.41, 5.74) is 0. The van der Waals surface area contributed by atoms with Gasteiger partial charge in [-0.15, -0.1) is 0 Å². The van der Waals surface area contributed by atoms with Gasteiger partial charge in [0.15, 0.2) is 5.79 Å². The normalized spacial score (nSPS) is 25.9. The molecule has 0 spiro atoms. The van der Waals surface area contributed by atoms with E-state index in [0.29, 0.717) is 6.42 Å². The molecule has 1 aliphatic carbocycles. The summed E-state index contributed by atoms with van der Waals surface area (Å²) in [4.78, 5) is 22.9. The first-order valence-electron chi connectivity index (χ1n) is 5.29. The minimum absolute atomic E-state index is 0.157. The van der Waals surface area contributed by atoms with E-state index in [4.69, 9.17) is 14.2 Å². The van der Waals surface area contributed by atoms with E-state index in [1.165, 1.54) is 28.4 Å². The van der Waals surface area contributed by atoms with E-state index < -0.39 is 17.7 Å². The van der Waals surface area contributed by atoms with E-state index in [1.807, 2.05) is 0 Å². The van der Waals surface area contributed by atoms with Gasteiger partial charge in [-0.2, -0.15) is 0 Å². The summed E-state index contributed by atoms with van der Waals surface area (Å²) >= 11 is 0. The summed E-state index contributed by atoms with van der Waals surface area (Å²) < 4.78 is 19.7. The molecule has 6 heteroatoms. The maximum Gasteiger partial charge on any atom is 0.314 e. The van der Waals surface area contributed by atoms with Crippen LogP contribution in [-0.4, -0.2) is 46.2 Å². The van der Waals surface area contributed by atoms with Crippen molar-refractivity contribution in [2.24, 2.45) is 11.8 Å². The number of carbonyl (C=O) groups excluding carboxylic acids is 2. The Morgan fingerprint density at radius 2 is 1.71 bits per heavy atom. The molecule has 0 N–H and O–H groups in total. The third-order valence-electron chi connectivity index (χ3n) is 3.29. The second-order valence-corrected chi connectivity index (χ2v) is 3.97. The predicted octanol–water partition coefficient (Wildman–Crippen LogP) is 0.348. The molecule has 0 aromatic carbocycles. The van der Waals surface area contributed by atoms with Crippen molar-refractivity contribution in [3.63, 3.8) is 0 Å². The zero-order valence-electron chi connectivity index (χ0n) is 10.5. The molecule has 0 heterocycles. The van der Waals surface area contributed by atoms with Gasteiger partial charge >= 0.3 is 11.9 Å². The van der Waals surface area contributed by atoms with Gasteiger partial charge in [0.05, 0.1) is 14.2 Å². The standard InChI is InChI=1S/C11H18O6/c1-14-8(12)5-7-6-11(16-3,17-4)9(7)10(13)15-2/h7,9H,5-6H2,1-4H3/t7-,9-/m0/s1. The van der Waals surface area contributed by atoms with Crippen molar-refractivity contribution in [3.05, 3.63) is 0 Å². The van der Waals surface area contributed by atoms with E-state index in [1.54, 1.807) is 0 Å². The molecule has 1 fully saturated rings. The summed E-state index contributed by atoms with van der Waals surface area (Å²) in [5.74, 6) is -2.54. The highest BCUT2D eigenvalue weighted by molar-refractivity contribution is 5.77. The Labute approximate surface area is 100 Å². The summed E-state index contributed by atoms with van der Waals surface area (Å²) in [7, 11) is 5.54. The van der Waals surface area contributed by atoms with Crippen LogP contribution in [-0.2, 0) is 28.5 Å². The number of hydrogen-bond acceptors (Lipinski definition) is 6. The van der Waals surface area contributed by atoms with Gasteiger partial charge in [0.25, 0.3) is 0 Å². The number of ether oxygens (including phenoxy) is 4. The van der Waals surface area contributed by atoms with Crippen LogP contribution < -0.4 is 0 Å². The van der Waals surface area contributed by atoms with Crippen LogP contribution in [0, 0.1) is 11.8 Å². The molecule has 1 aliphatic rings. The van der Waals surface area contributed by atoms with Crippen LogP contribution in [0.15, 0.2) is 0 Å². The fourth-order valence-corrected chi connectivity index (χ4v) is 2.30. The monoisotopic (exact) mass is 246 g/mol. The minimum atomic E-state index is -0.980. The molecule has 0 amide bonds. The van der Waals surface area contributed by atoms with Crippen molar-refractivity contribution in [2.75, 3.05) is 28.4 Å². The Balaban J connectivity index is 2.77. The summed E-state index contributed by atoms with van der Waals surface area (Å²) in [6.07, 6.45) is 0.625. The molecule has 2 atom stereocenters. The molecule has 0 bridgehead atoms. The molecule has 0 aromatic rings. The lowest BCUT2D eigenvalue weighted by Gasteiger charge is -2.50. The quantitative estimate of drug-likeness (QED) is 0.515. The molecule has 98 valence electrons. The second-order valence-electron chi connectivity index (χ2n) is 3.97. The van der Waals surface area contributed by atoms with Crippen molar-refractivity contribution in [1.82, 2.24) is 0 Å². The van der Waals surface area contributed by atoms with E-state index in [0.717, 1.165) is 0 Å². The highest BCUT2D eigenvalue weighted by atomic mass is 16.7. The first-order chi connectivity index (χ1) is 8.04. The van der Waals surface area contributed by atoms with Gasteiger partial charge in [0.1, 0.15) is 5.92 Å². The van der Waals surface area contributed by atoms with Gasteiger partial charge in [-0.25, -0.2) is 0 Å². The minimum Gasteiger partial charge on any atom is -0.469 e. The Hall–Kier alpha value is -1.14. The number of hydrogen-bond donors (Lipinski definition) is 0. The SMILES string of the molecule is COC(=O)C[C@H]1CC(OC)(OC)[C@@H]1C(=O)OC. The maximum absolute atomic E-state index is 11.7. The van der Waals surface area contributed by atoms with Crippen LogP contribution in [0.4, 0.5) is 0 Å². The van der Waals surface area contributed by atoms with Gasteiger partial charge in [0.2, 0.25) is 0 Å². The van der Waals surface area contributed by atoms with Crippen LogP contribution in [0.2, 0.25) is 0 Å². The number of rotatable bonds is 5. The van der Waals surface area contributed by atoms with Crippen molar-refractivity contribution >= 4 is 11.9 Å². The fourth-order valence-electron chi connectivity index (χ4n) is 2.30. The molecular weight excluding hydrogens is 228 g/mol. The second kappa shape index (κ2) is 5.46. The summed E-state index contributed by atoms with van der Waals surface area (Å²) in [6.45, 7) is 0. The number of methoxy groups -OCH3 is 4. The summed E-state index contributed by atoms with van der Waals surface area (Å²) in [5, 5.41) is 0. The molecular formula is C11H18O6. The molecule has 0 saturated heterocycles. The first-order valence-corrected chi connectivity index (χ1v) is 5.29. The topological polar surface area (TPSA) is 71.1 Å². The zero-order valence-corrected chi connectivity index (χ0v) is 10.5. The van der Waals surface area contributed by atoms with Gasteiger partial charge in [-0.1, -0.05) is 0 Å². The van der Waals surface area contributed by atoms with Gasteiger partial charge in [0, 0.05) is 27.1 Å². The fraction of sp³-hybridized carbons (Fsp3) is 0.818. The summed E-state index contributed by atoms with van der Waals surface area (Å²) in [6, 6.07) is 0. The third kappa shape index (κ3) is 2.42. The van der Waals surface area contributed by atoms with Crippen LogP contribution in [0.3, 0.4) is 0 Å². The lowest BCUT2D eigenvalue weighted by molar-refractivity contribution is -0.306. The molecule has 0 unspecified atom stereocenters. The Bertz CT molecular complexity index is 296. The lowest BCUT2D eigenvalue weighted by atomic mass is 9.66. The molecule has 0 aromatic heterocycles. The molecule has 0 aliphatic heterocycles. The molecule has 0 radical (unpaired) electrons. The third-order valence-corrected chi connectivity index (χ3v) is 3.29. The first kappa shape index (κ1) is 13.9. The van der Waals surface area contributed by atoms with Crippen molar-refractivity contribution in [2.45, 2.75) is 18.6 Å². The van der Waals surface area contributed by atoms with Crippen molar-refractivity contribution in [1.29, 1.82) is 0 Å². The smallest absolute Gasteiger partial charge is 0.314 e. The van der Waals surface area contributed by atoms with Gasteiger partial charge < -0.3 is 18.9 Å². The number of carbonyl (C=O) groups is 2. The largest absolute Gasteiger partial charge is 0.469 e. The Morgan fingerprint density at radius 3 is 2.12 bits per heavy atom. The molecule has 6 nitrogen and oxygen atoms in total. The molecule has 17 heavy (non-hydrogen) atoms. The Morgan fingerprint density at radius 1 is 1.12 bits per heavy atom. The van der Waals surface area contributed by atoms with E-state index in [9.17, 15) is 9.59 Å². The van der Waals surface area contributed by atoms with Crippen LogP contribution in [0.1, 0.15) is 12.8 Å². The zero-order chi connectivity index (χ0) is 13.1. The average Bonchev–Trinajstić information content (AvgIpc) is 2.33. The highest BCUT2D eigenvalue weighted by Gasteiger charge is 2.60. The lowest BCUT2D eigenvalue weighted by Crippen LogP contribution is -2.60. The van der Waals surface area contributed by atoms with E-state index in [2.05, 4.69) is 4.74 Å². The number of esters is 2. The van der Waals surface area contributed by atoms with E-state index in [-0.39, 0.29) is 18.3 Å². The van der Waals surface area contributed by atoms with Crippen LogP contribution in [0.25, 0.3) is 0 Å². The van der Waals surface area contributed by atoms with Crippen molar-refractivity contribution < 1.29 is 28.5 Å². The predicted molar refractivity (Wildman–Crippen MR) is 57.0 cm³/mol. The van der Waals surface area contributed by atoms with Crippen molar-refractivity contribution in [3.8, 4) is 0 Å². The van der Waals surface area contributed by atoms with E-state index >= 15 is 0 Å². The van der Waals surface area contributed by atoms with Gasteiger partial charge in [-0.3, -0.25) is 9.59 Å². The maximum atomic E-state index is 11.7. The molecule has 1 rings (SSSR count). The van der Waals surface area contributed by atoms with Crippen LogP contribution >= 0.6 is 0 Å². The van der Waals surface area contributed by atoms with Gasteiger partial charge in [-0.05, 0) is 5.92 Å². The highest BCUT2D eigenvalue weighted by Crippen LogP contribution is 2.49.